The Kier molecular flexibility index (Phi) is 3.73. The van der Waals surface area contributed by atoms with Crippen LogP contribution in [0.25, 0.3) is 0 Å². The van der Waals surface area contributed by atoms with Crippen LogP contribution in [0.1, 0.15) is 42.1 Å². The Morgan fingerprint density at radius 2 is 2.19 bits per heavy atom. The van der Waals surface area contributed by atoms with E-state index in [1.807, 2.05) is 12.3 Å². The molecule has 1 aromatic heterocycles. The van der Waals surface area contributed by atoms with Crippen molar-refractivity contribution < 1.29 is 18.8 Å². The summed E-state index contributed by atoms with van der Waals surface area (Å²) in [7, 11) is 0. The van der Waals surface area contributed by atoms with Gasteiger partial charge >= 0.3 is 6.03 Å². The maximum absolute atomic E-state index is 12.3. The SMILES string of the molecule is CCC1(C)NC(=O)N(Cc2cc(C(=O)NN)c(C)o2)C1=O. The van der Waals surface area contributed by atoms with E-state index >= 15 is 0 Å². The van der Waals surface area contributed by atoms with Crippen LogP contribution in [0.3, 0.4) is 0 Å². The van der Waals surface area contributed by atoms with Gasteiger partial charge in [-0.15, -0.1) is 0 Å². The summed E-state index contributed by atoms with van der Waals surface area (Å²) in [4.78, 5) is 36.7. The van der Waals surface area contributed by atoms with E-state index in [4.69, 9.17) is 10.3 Å². The minimum atomic E-state index is -0.893. The van der Waals surface area contributed by atoms with E-state index < -0.39 is 17.5 Å². The summed E-state index contributed by atoms with van der Waals surface area (Å²) in [6.07, 6.45) is 0.492. The molecule has 8 heteroatoms. The van der Waals surface area contributed by atoms with Crippen LogP contribution in [-0.4, -0.2) is 28.3 Å². The van der Waals surface area contributed by atoms with E-state index in [-0.39, 0.29) is 18.0 Å². The smallest absolute Gasteiger partial charge is 0.325 e. The van der Waals surface area contributed by atoms with Crippen molar-refractivity contribution in [1.29, 1.82) is 0 Å². The van der Waals surface area contributed by atoms with Gasteiger partial charge < -0.3 is 9.73 Å². The number of hydrogen-bond donors (Lipinski definition) is 3. The molecule has 1 atom stereocenters. The van der Waals surface area contributed by atoms with Crippen LogP contribution in [0.2, 0.25) is 0 Å². The van der Waals surface area contributed by atoms with Crippen LogP contribution in [0, 0.1) is 6.92 Å². The molecule has 1 unspecified atom stereocenters. The van der Waals surface area contributed by atoms with Crippen LogP contribution < -0.4 is 16.6 Å². The molecule has 2 heterocycles. The Balaban J connectivity index is 2.21. The van der Waals surface area contributed by atoms with Crippen LogP contribution in [-0.2, 0) is 11.3 Å². The molecule has 0 radical (unpaired) electrons. The molecule has 0 bridgehead atoms. The van der Waals surface area contributed by atoms with Crippen molar-refractivity contribution in [2.75, 3.05) is 0 Å². The molecule has 1 fully saturated rings. The highest BCUT2D eigenvalue weighted by Gasteiger charge is 2.46. The van der Waals surface area contributed by atoms with Gasteiger partial charge in [0.1, 0.15) is 17.1 Å². The zero-order valence-electron chi connectivity index (χ0n) is 12.1. The second-order valence-electron chi connectivity index (χ2n) is 5.16. The normalized spacial score (nSPS) is 21.6. The van der Waals surface area contributed by atoms with Crippen LogP contribution in [0.5, 0.6) is 0 Å². The summed E-state index contributed by atoms with van der Waals surface area (Å²) in [5, 5.41) is 2.65. The van der Waals surface area contributed by atoms with Gasteiger partial charge in [-0.3, -0.25) is 19.9 Å². The molecule has 4 amide bonds. The number of urea groups is 1. The molecule has 1 aliphatic heterocycles. The monoisotopic (exact) mass is 294 g/mol. The highest BCUT2D eigenvalue weighted by Crippen LogP contribution is 2.24. The molecular formula is C13H18N4O4. The van der Waals surface area contributed by atoms with Crippen molar-refractivity contribution in [3.8, 4) is 0 Å². The van der Waals surface area contributed by atoms with E-state index in [1.54, 1.807) is 13.8 Å². The van der Waals surface area contributed by atoms with E-state index in [9.17, 15) is 14.4 Å². The number of nitrogens with zero attached hydrogens (tertiary/aromatic N) is 1. The first-order valence-corrected chi connectivity index (χ1v) is 6.56. The van der Waals surface area contributed by atoms with Gasteiger partial charge in [-0.2, -0.15) is 0 Å². The van der Waals surface area contributed by atoms with E-state index in [0.29, 0.717) is 17.9 Å². The number of furan rings is 1. The molecular weight excluding hydrogens is 276 g/mol. The summed E-state index contributed by atoms with van der Waals surface area (Å²) in [5.41, 5.74) is 1.39. The highest BCUT2D eigenvalue weighted by molar-refractivity contribution is 6.06. The number of carbonyl (C=O) groups is 3. The first-order valence-electron chi connectivity index (χ1n) is 6.56. The predicted molar refractivity (Wildman–Crippen MR) is 72.9 cm³/mol. The second kappa shape index (κ2) is 5.21. The number of nitrogen functional groups attached to an aromatic ring is 1. The average molecular weight is 294 g/mol. The summed E-state index contributed by atoms with van der Waals surface area (Å²) in [6.45, 7) is 5.07. The van der Waals surface area contributed by atoms with Crippen molar-refractivity contribution in [3.05, 3.63) is 23.2 Å². The Morgan fingerprint density at radius 1 is 1.52 bits per heavy atom. The summed E-state index contributed by atoms with van der Waals surface area (Å²) in [5.74, 6) is 4.99. The van der Waals surface area contributed by atoms with Gasteiger partial charge in [-0.25, -0.2) is 10.6 Å². The number of hydrogen-bond acceptors (Lipinski definition) is 5. The summed E-state index contributed by atoms with van der Waals surface area (Å²) < 4.78 is 5.41. The van der Waals surface area contributed by atoms with Crippen molar-refractivity contribution in [2.45, 2.75) is 39.3 Å². The Bertz CT molecular complexity index is 609. The average Bonchev–Trinajstić information content (AvgIpc) is 2.92. The standard InChI is InChI=1S/C13H18N4O4/c1-4-13(3)11(19)17(12(20)15-13)6-8-5-9(7(2)21-8)10(18)16-14/h5H,4,6,14H2,1-3H3,(H,15,20)(H,16,18). The lowest BCUT2D eigenvalue weighted by Crippen LogP contribution is -2.43. The van der Waals surface area contributed by atoms with Gasteiger partial charge in [0.15, 0.2) is 0 Å². The molecule has 1 aromatic rings. The lowest BCUT2D eigenvalue weighted by molar-refractivity contribution is -0.131. The third kappa shape index (κ3) is 2.49. The molecule has 0 spiro atoms. The van der Waals surface area contributed by atoms with Gasteiger partial charge in [0.2, 0.25) is 0 Å². The summed E-state index contributed by atoms with van der Waals surface area (Å²) >= 11 is 0. The quantitative estimate of drug-likeness (QED) is 0.322. The lowest BCUT2D eigenvalue weighted by atomic mass is 9.99. The second-order valence-corrected chi connectivity index (χ2v) is 5.16. The number of carbonyl (C=O) groups excluding carboxylic acids is 3. The van der Waals surface area contributed by atoms with Gasteiger partial charge in [0.25, 0.3) is 11.8 Å². The first kappa shape index (κ1) is 15.0. The zero-order valence-corrected chi connectivity index (χ0v) is 12.1. The predicted octanol–water partition coefficient (Wildman–Crippen LogP) is 0.412. The van der Waals surface area contributed by atoms with E-state index in [1.165, 1.54) is 6.07 Å². The van der Waals surface area contributed by atoms with Crippen molar-refractivity contribution in [3.63, 3.8) is 0 Å². The molecule has 114 valence electrons. The van der Waals surface area contributed by atoms with Gasteiger partial charge in [0.05, 0.1) is 12.1 Å². The number of hydrazine groups is 1. The molecule has 1 saturated heterocycles. The van der Waals surface area contributed by atoms with Gasteiger partial charge in [-0.1, -0.05) is 6.92 Å². The first-order chi connectivity index (χ1) is 9.82. The molecule has 2 rings (SSSR count). The highest BCUT2D eigenvalue weighted by atomic mass is 16.3. The maximum atomic E-state index is 12.3. The molecule has 4 N–H and O–H groups in total. The number of nitrogens with two attached hydrogens (primary N) is 1. The third-order valence-corrected chi connectivity index (χ3v) is 3.71. The Labute approximate surface area is 121 Å². The minimum Gasteiger partial charge on any atom is -0.464 e. The molecule has 21 heavy (non-hydrogen) atoms. The number of nitrogens with one attached hydrogen (secondary N) is 2. The maximum Gasteiger partial charge on any atom is 0.325 e. The Morgan fingerprint density at radius 3 is 2.71 bits per heavy atom. The lowest BCUT2D eigenvalue weighted by Gasteiger charge is -2.18. The van der Waals surface area contributed by atoms with Crippen LogP contribution in [0.15, 0.2) is 10.5 Å². The van der Waals surface area contributed by atoms with E-state index in [0.717, 1.165) is 4.90 Å². The molecule has 0 aliphatic carbocycles. The van der Waals surface area contributed by atoms with Crippen LogP contribution >= 0.6 is 0 Å². The third-order valence-electron chi connectivity index (χ3n) is 3.71. The van der Waals surface area contributed by atoms with Crippen molar-refractivity contribution in [2.24, 2.45) is 5.84 Å². The summed E-state index contributed by atoms with van der Waals surface area (Å²) in [6, 6.07) is 1.00. The van der Waals surface area contributed by atoms with Gasteiger partial charge in [-0.05, 0) is 26.3 Å². The number of rotatable bonds is 4. The fourth-order valence-corrected chi connectivity index (χ4v) is 2.21. The number of amides is 4. The van der Waals surface area contributed by atoms with Crippen molar-refractivity contribution >= 4 is 17.8 Å². The molecule has 0 aromatic carbocycles. The largest absolute Gasteiger partial charge is 0.464 e. The molecule has 0 saturated carbocycles. The fraction of sp³-hybridized carbons (Fsp3) is 0.462. The number of imide groups is 1. The van der Waals surface area contributed by atoms with Gasteiger partial charge in [0, 0.05) is 0 Å². The fourth-order valence-electron chi connectivity index (χ4n) is 2.21. The topological polar surface area (TPSA) is 118 Å². The van der Waals surface area contributed by atoms with E-state index in [2.05, 4.69) is 5.32 Å². The minimum absolute atomic E-state index is 0.0288. The molecule has 1 aliphatic rings. The zero-order chi connectivity index (χ0) is 15.8. The Hall–Kier alpha value is -2.35. The van der Waals surface area contributed by atoms with Crippen molar-refractivity contribution in [1.82, 2.24) is 15.6 Å². The van der Waals surface area contributed by atoms with Crippen LogP contribution in [0.4, 0.5) is 4.79 Å². The number of aryl methyl sites for hydroxylation is 1. The molecule has 8 nitrogen and oxygen atoms in total.